The third-order valence-corrected chi connectivity index (χ3v) is 3.42. The van der Waals surface area contributed by atoms with Crippen LogP contribution in [0.2, 0.25) is 0 Å². The van der Waals surface area contributed by atoms with Crippen LogP contribution in [0, 0.1) is 6.92 Å². The molecule has 0 aliphatic heterocycles. The number of ether oxygens (including phenoxy) is 2. The average Bonchev–Trinajstić information content (AvgIpc) is 2.49. The van der Waals surface area contributed by atoms with Gasteiger partial charge in [0.2, 0.25) is 0 Å². The van der Waals surface area contributed by atoms with E-state index in [1.54, 1.807) is 6.92 Å². The zero-order chi connectivity index (χ0) is 17.2. The van der Waals surface area contributed by atoms with E-state index in [0.29, 0.717) is 37.7 Å². The molecule has 128 valence electrons. The van der Waals surface area contributed by atoms with Crippen molar-refractivity contribution in [2.45, 2.75) is 46.5 Å². The predicted octanol–water partition coefficient (Wildman–Crippen LogP) is 2.96. The molecule has 0 aliphatic rings. The van der Waals surface area contributed by atoms with Gasteiger partial charge in [0.25, 0.3) is 5.91 Å². The van der Waals surface area contributed by atoms with Crippen molar-refractivity contribution in [2.75, 3.05) is 19.8 Å². The lowest BCUT2D eigenvalue weighted by Gasteiger charge is -2.12. The summed E-state index contributed by atoms with van der Waals surface area (Å²) in [4.78, 5) is 22.8. The molecule has 0 spiro atoms. The van der Waals surface area contributed by atoms with E-state index in [-0.39, 0.29) is 18.5 Å². The second-order valence-electron chi connectivity index (χ2n) is 5.72. The van der Waals surface area contributed by atoms with Crippen molar-refractivity contribution in [3.05, 3.63) is 29.3 Å². The zero-order valence-electron chi connectivity index (χ0n) is 14.5. The summed E-state index contributed by atoms with van der Waals surface area (Å²) in [5, 5.41) is 2.72. The molecule has 0 aliphatic carbocycles. The minimum Gasteiger partial charge on any atom is -0.484 e. The maximum absolute atomic E-state index is 11.7. The number of hydrogen-bond acceptors (Lipinski definition) is 4. The van der Waals surface area contributed by atoms with Gasteiger partial charge in [-0.25, -0.2) is 0 Å². The maximum atomic E-state index is 11.7. The number of esters is 1. The number of rotatable bonds is 9. The maximum Gasteiger partial charge on any atom is 0.305 e. The van der Waals surface area contributed by atoms with E-state index in [1.165, 1.54) is 5.56 Å². The van der Waals surface area contributed by atoms with E-state index in [9.17, 15) is 9.59 Å². The Kier molecular flexibility index (Phi) is 8.16. The Balaban J connectivity index is 2.28. The Morgan fingerprint density at radius 1 is 1.26 bits per heavy atom. The first-order valence-electron chi connectivity index (χ1n) is 8.09. The first kappa shape index (κ1) is 19.0. The molecular formula is C18H27NO4. The van der Waals surface area contributed by atoms with Crippen molar-refractivity contribution in [1.29, 1.82) is 0 Å². The highest BCUT2D eigenvalue weighted by Crippen LogP contribution is 2.23. The summed E-state index contributed by atoms with van der Waals surface area (Å²) in [5.41, 5.74) is 2.44. The number of nitrogens with one attached hydrogen (secondary N) is 1. The van der Waals surface area contributed by atoms with E-state index in [1.807, 2.05) is 25.1 Å². The van der Waals surface area contributed by atoms with Gasteiger partial charge in [-0.15, -0.1) is 0 Å². The number of carbonyl (C=O) groups is 2. The minimum absolute atomic E-state index is 0.0279. The van der Waals surface area contributed by atoms with Gasteiger partial charge in [0.1, 0.15) is 5.75 Å². The third kappa shape index (κ3) is 7.17. The van der Waals surface area contributed by atoms with Gasteiger partial charge in [-0.3, -0.25) is 9.59 Å². The highest BCUT2D eigenvalue weighted by Gasteiger charge is 2.07. The van der Waals surface area contributed by atoms with Crippen LogP contribution < -0.4 is 10.1 Å². The van der Waals surface area contributed by atoms with E-state index >= 15 is 0 Å². The molecule has 5 nitrogen and oxygen atoms in total. The largest absolute Gasteiger partial charge is 0.484 e. The Morgan fingerprint density at radius 3 is 2.61 bits per heavy atom. The van der Waals surface area contributed by atoms with Crippen molar-refractivity contribution in [1.82, 2.24) is 5.32 Å². The van der Waals surface area contributed by atoms with Crippen LogP contribution >= 0.6 is 0 Å². The van der Waals surface area contributed by atoms with Gasteiger partial charge in [0.05, 0.1) is 6.61 Å². The Labute approximate surface area is 138 Å². The van der Waals surface area contributed by atoms with Gasteiger partial charge in [-0.2, -0.15) is 0 Å². The lowest BCUT2D eigenvalue weighted by molar-refractivity contribution is -0.143. The van der Waals surface area contributed by atoms with Crippen LogP contribution in [0.5, 0.6) is 5.75 Å². The van der Waals surface area contributed by atoms with Crippen LogP contribution in [0.25, 0.3) is 0 Å². The summed E-state index contributed by atoms with van der Waals surface area (Å²) in [6, 6.07) is 5.87. The van der Waals surface area contributed by atoms with Crippen LogP contribution in [0.4, 0.5) is 0 Å². The van der Waals surface area contributed by atoms with Crippen LogP contribution in [0.15, 0.2) is 18.2 Å². The van der Waals surface area contributed by atoms with Crippen LogP contribution in [0.1, 0.15) is 50.7 Å². The normalized spacial score (nSPS) is 10.5. The molecule has 5 heteroatoms. The highest BCUT2D eigenvalue weighted by molar-refractivity contribution is 5.77. The number of amides is 1. The topological polar surface area (TPSA) is 64.6 Å². The van der Waals surface area contributed by atoms with Gasteiger partial charge in [-0.1, -0.05) is 19.9 Å². The van der Waals surface area contributed by atoms with Gasteiger partial charge in [0.15, 0.2) is 6.61 Å². The summed E-state index contributed by atoms with van der Waals surface area (Å²) in [6.45, 7) is 8.89. The monoisotopic (exact) mass is 321 g/mol. The Bertz CT molecular complexity index is 526. The van der Waals surface area contributed by atoms with Crippen molar-refractivity contribution >= 4 is 11.9 Å². The summed E-state index contributed by atoms with van der Waals surface area (Å²) in [5.74, 6) is 0.721. The molecular weight excluding hydrogens is 294 g/mol. The zero-order valence-corrected chi connectivity index (χ0v) is 14.5. The van der Waals surface area contributed by atoms with E-state index in [2.05, 4.69) is 19.2 Å². The molecule has 1 rings (SSSR count). The molecule has 0 aromatic heterocycles. The fourth-order valence-electron chi connectivity index (χ4n) is 2.28. The van der Waals surface area contributed by atoms with E-state index in [4.69, 9.17) is 9.47 Å². The second-order valence-corrected chi connectivity index (χ2v) is 5.72. The molecule has 23 heavy (non-hydrogen) atoms. The fraction of sp³-hybridized carbons (Fsp3) is 0.556. The van der Waals surface area contributed by atoms with Gasteiger partial charge in [0, 0.05) is 13.0 Å². The summed E-state index contributed by atoms with van der Waals surface area (Å²) in [6.07, 6.45) is 0.873. The lowest BCUT2D eigenvalue weighted by Crippen LogP contribution is -2.30. The first-order chi connectivity index (χ1) is 10.9. The van der Waals surface area contributed by atoms with E-state index < -0.39 is 0 Å². The smallest absolute Gasteiger partial charge is 0.305 e. The van der Waals surface area contributed by atoms with Crippen molar-refractivity contribution in [3.63, 3.8) is 0 Å². The van der Waals surface area contributed by atoms with Gasteiger partial charge in [-0.05, 0) is 49.4 Å². The molecule has 0 fully saturated rings. The quantitative estimate of drug-likeness (QED) is 0.561. The third-order valence-electron chi connectivity index (χ3n) is 3.42. The molecule has 1 aromatic rings. The summed E-state index contributed by atoms with van der Waals surface area (Å²) >= 11 is 0. The SMILES string of the molecule is CCOC(=O)CCCNC(=O)COc1ccc(C(C)C)c(C)c1. The Morgan fingerprint density at radius 2 is 2.00 bits per heavy atom. The van der Waals surface area contributed by atoms with Gasteiger partial charge < -0.3 is 14.8 Å². The minimum atomic E-state index is -0.237. The number of carbonyl (C=O) groups excluding carboxylic acids is 2. The lowest BCUT2D eigenvalue weighted by atomic mass is 9.98. The standard InChI is InChI=1S/C18H27NO4/c1-5-22-18(21)7-6-10-19-17(20)12-23-15-8-9-16(13(2)3)14(4)11-15/h8-9,11,13H,5-7,10,12H2,1-4H3,(H,19,20). The summed E-state index contributed by atoms with van der Waals surface area (Å²) in [7, 11) is 0. The molecule has 0 bridgehead atoms. The van der Waals surface area contributed by atoms with Crippen molar-refractivity contribution < 1.29 is 19.1 Å². The molecule has 0 radical (unpaired) electrons. The molecule has 0 saturated heterocycles. The van der Waals surface area contributed by atoms with Gasteiger partial charge >= 0.3 is 5.97 Å². The van der Waals surface area contributed by atoms with Crippen LogP contribution in [-0.4, -0.2) is 31.6 Å². The first-order valence-corrected chi connectivity index (χ1v) is 8.09. The van der Waals surface area contributed by atoms with Crippen molar-refractivity contribution in [3.8, 4) is 5.75 Å². The molecule has 1 N–H and O–H groups in total. The molecule has 0 heterocycles. The number of benzene rings is 1. The second kappa shape index (κ2) is 9.87. The number of aryl methyl sites for hydroxylation is 1. The number of hydrogen-bond donors (Lipinski definition) is 1. The van der Waals surface area contributed by atoms with Crippen molar-refractivity contribution in [2.24, 2.45) is 0 Å². The average molecular weight is 321 g/mol. The summed E-state index contributed by atoms with van der Waals surface area (Å²) < 4.78 is 10.3. The molecule has 0 unspecified atom stereocenters. The van der Waals surface area contributed by atoms with Crippen LogP contribution in [-0.2, 0) is 14.3 Å². The fourth-order valence-corrected chi connectivity index (χ4v) is 2.28. The van der Waals surface area contributed by atoms with E-state index in [0.717, 1.165) is 5.56 Å². The molecule has 1 amide bonds. The molecule has 0 atom stereocenters. The van der Waals surface area contributed by atoms with Crippen LogP contribution in [0.3, 0.4) is 0 Å². The molecule has 0 saturated carbocycles. The highest BCUT2D eigenvalue weighted by atomic mass is 16.5. The Hall–Kier alpha value is -2.04. The predicted molar refractivity (Wildman–Crippen MR) is 89.6 cm³/mol. The molecule has 1 aromatic carbocycles.